The van der Waals surface area contributed by atoms with Crippen LogP contribution in [-0.2, 0) is 6.54 Å². The molecule has 0 spiro atoms. The van der Waals surface area contributed by atoms with E-state index in [1.807, 2.05) is 36.4 Å². The number of rotatable bonds is 4. The van der Waals surface area contributed by atoms with Gasteiger partial charge in [-0.15, -0.1) is 0 Å². The molecule has 0 amide bonds. The maximum Gasteiger partial charge on any atom is 0.169 e. The van der Waals surface area contributed by atoms with Gasteiger partial charge in [0.25, 0.3) is 0 Å². The van der Waals surface area contributed by atoms with Crippen molar-refractivity contribution in [3.63, 3.8) is 0 Å². The third-order valence-corrected chi connectivity index (χ3v) is 3.18. The lowest BCUT2D eigenvalue weighted by Gasteiger charge is -2.13. The summed E-state index contributed by atoms with van der Waals surface area (Å²) in [5.74, 6) is 0.891. The van der Waals surface area contributed by atoms with Gasteiger partial charge in [0.15, 0.2) is 4.67 Å². The standard InChI is InChI=1S/C14H13BrN2O/c1-10(12-4-2-11(8-16)3-5-12)17-9-13-6-7-14(15)18-13/h2-7,10,17H,9H2,1H3. The zero-order valence-corrected chi connectivity index (χ0v) is 11.6. The van der Waals surface area contributed by atoms with Gasteiger partial charge in [0.2, 0.25) is 0 Å². The summed E-state index contributed by atoms with van der Waals surface area (Å²) < 4.78 is 6.16. The molecule has 0 aliphatic rings. The Balaban J connectivity index is 1.95. The second-order valence-corrected chi connectivity index (χ2v) is 4.82. The minimum atomic E-state index is 0.210. The first kappa shape index (κ1) is 12.9. The maximum absolute atomic E-state index is 8.74. The lowest BCUT2D eigenvalue weighted by atomic mass is 10.1. The van der Waals surface area contributed by atoms with E-state index < -0.39 is 0 Å². The molecule has 1 unspecified atom stereocenters. The van der Waals surface area contributed by atoms with E-state index in [0.717, 1.165) is 16.0 Å². The van der Waals surface area contributed by atoms with Crippen LogP contribution in [0.4, 0.5) is 0 Å². The first-order valence-electron chi connectivity index (χ1n) is 5.66. The van der Waals surface area contributed by atoms with Crippen molar-refractivity contribution in [1.82, 2.24) is 5.32 Å². The summed E-state index contributed by atoms with van der Waals surface area (Å²) in [5, 5.41) is 12.1. The number of hydrogen-bond donors (Lipinski definition) is 1. The van der Waals surface area contributed by atoms with Crippen LogP contribution in [0.2, 0.25) is 0 Å². The van der Waals surface area contributed by atoms with Crippen molar-refractivity contribution < 1.29 is 4.42 Å². The molecule has 0 radical (unpaired) electrons. The monoisotopic (exact) mass is 304 g/mol. The van der Waals surface area contributed by atoms with Gasteiger partial charge in [-0.05, 0) is 52.7 Å². The van der Waals surface area contributed by atoms with Gasteiger partial charge in [0.05, 0.1) is 18.2 Å². The molecule has 2 rings (SSSR count). The van der Waals surface area contributed by atoms with Crippen LogP contribution >= 0.6 is 15.9 Å². The van der Waals surface area contributed by atoms with Crippen molar-refractivity contribution in [2.24, 2.45) is 0 Å². The highest BCUT2D eigenvalue weighted by atomic mass is 79.9. The molecule has 1 heterocycles. The lowest BCUT2D eigenvalue weighted by molar-refractivity contribution is 0.447. The summed E-state index contributed by atoms with van der Waals surface area (Å²) in [6.07, 6.45) is 0. The first-order chi connectivity index (χ1) is 8.69. The Morgan fingerprint density at radius 3 is 2.56 bits per heavy atom. The largest absolute Gasteiger partial charge is 0.453 e. The van der Waals surface area contributed by atoms with Gasteiger partial charge in [-0.3, -0.25) is 0 Å². The highest BCUT2D eigenvalue weighted by Crippen LogP contribution is 2.17. The smallest absolute Gasteiger partial charge is 0.169 e. The van der Waals surface area contributed by atoms with E-state index in [1.54, 1.807) is 0 Å². The van der Waals surface area contributed by atoms with Crippen LogP contribution in [0.25, 0.3) is 0 Å². The fraction of sp³-hybridized carbons (Fsp3) is 0.214. The molecule has 1 N–H and O–H groups in total. The van der Waals surface area contributed by atoms with Crippen LogP contribution in [0.15, 0.2) is 45.5 Å². The summed E-state index contributed by atoms with van der Waals surface area (Å²) >= 11 is 3.27. The summed E-state index contributed by atoms with van der Waals surface area (Å²) in [7, 11) is 0. The molecule has 1 aromatic carbocycles. The molecule has 0 bridgehead atoms. The van der Waals surface area contributed by atoms with Crippen molar-refractivity contribution in [3.05, 3.63) is 58.0 Å². The fourth-order valence-corrected chi connectivity index (χ4v) is 2.00. The Bertz CT molecular complexity index is 554. The number of benzene rings is 1. The predicted molar refractivity (Wildman–Crippen MR) is 72.8 cm³/mol. The summed E-state index contributed by atoms with van der Waals surface area (Å²) in [6, 6.07) is 13.7. The van der Waals surface area contributed by atoms with Crippen molar-refractivity contribution >= 4 is 15.9 Å². The van der Waals surface area contributed by atoms with Gasteiger partial charge in [0, 0.05) is 6.04 Å². The molecule has 18 heavy (non-hydrogen) atoms. The Morgan fingerprint density at radius 1 is 1.28 bits per heavy atom. The number of nitrogens with one attached hydrogen (secondary N) is 1. The fourth-order valence-electron chi connectivity index (χ4n) is 1.66. The van der Waals surface area contributed by atoms with Gasteiger partial charge >= 0.3 is 0 Å². The SMILES string of the molecule is CC(NCc1ccc(Br)o1)c1ccc(C#N)cc1. The molecule has 0 saturated carbocycles. The Kier molecular flexibility index (Phi) is 4.19. The molecular weight excluding hydrogens is 292 g/mol. The van der Waals surface area contributed by atoms with Crippen LogP contribution in [-0.4, -0.2) is 0 Å². The van der Waals surface area contributed by atoms with Crippen molar-refractivity contribution in [1.29, 1.82) is 5.26 Å². The van der Waals surface area contributed by atoms with Crippen LogP contribution in [0.5, 0.6) is 0 Å². The topological polar surface area (TPSA) is 49.0 Å². The molecule has 2 aromatic rings. The molecule has 1 aromatic heterocycles. The van der Waals surface area contributed by atoms with Crippen LogP contribution in [0.3, 0.4) is 0 Å². The zero-order valence-electron chi connectivity index (χ0n) is 9.98. The third-order valence-electron chi connectivity index (χ3n) is 2.75. The minimum absolute atomic E-state index is 0.210. The van der Waals surface area contributed by atoms with Gasteiger partial charge < -0.3 is 9.73 Å². The molecular formula is C14H13BrN2O. The van der Waals surface area contributed by atoms with E-state index in [2.05, 4.69) is 34.2 Å². The highest BCUT2D eigenvalue weighted by molar-refractivity contribution is 9.10. The third kappa shape index (κ3) is 3.22. The first-order valence-corrected chi connectivity index (χ1v) is 6.46. The molecule has 0 aliphatic carbocycles. The Hall–Kier alpha value is -1.57. The number of halogens is 1. The number of hydrogen-bond acceptors (Lipinski definition) is 3. The van der Waals surface area contributed by atoms with Crippen LogP contribution in [0, 0.1) is 11.3 Å². The van der Waals surface area contributed by atoms with E-state index in [4.69, 9.17) is 9.68 Å². The van der Waals surface area contributed by atoms with Gasteiger partial charge in [-0.25, -0.2) is 0 Å². The lowest BCUT2D eigenvalue weighted by Crippen LogP contribution is -2.17. The van der Waals surface area contributed by atoms with E-state index in [-0.39, 0.29) is 6.04 Å². The van der Waals surface area contributed by atoms with Gasteiger partial charge in [-0.1, -0.05) is 12.1 Å². The van der Waals surface area contributed by atoms with E-state index >= 15 is 0 Å². The van der Waals surface area contributed by atoms with E-state index in [1.165, 1.54) is 0 Å². The average molecular weight is 305 g/mol. The second-order valence-electron chi connectivity index (χ2n) is 4.04. The van der Waals surface area contributed by atoms with Crippen LogP contribution in [0.1, 0.15) is 29.9 Å². The normalized spacial score (nSPS) is 12.1. The minimum Gasteiger partial charge on any atom is -0.453 e. The Labute approximate surface area is 115 Å². The molecule has 1 atom stereocenters. The summed E-state index contributed by atoms with van der Waals surface area (Å²) in [6.45, 7) is 2.76. The predicted octanol–water partition coefficient (Wildman–Crippen LogP) is 3.76. The molecule has 0 fully saturated rings. The van der Waals surface area contributed by atoms with Crippen molar-refractivity contribution in [2.45, 2.75) is 19.5 Å². The number of nitrogens with zero attached hydrogens (tertiary/aromatic N) is 1. The number of nitriles is 1. The highest BCUT2D eigenvalue weighted by Gasteiger charge is 2.06. The molecule has 4 heteroatoms. The Morgan fingerprint density at radius 2 is 2.00 bits per heavy atom. The van der Waals surface area contributed by atoms with Crippen molar-refractivity contribution in [2.75, 3.05) is 0 Å². The van der Waals surface area contributed by atoms with E-state index in [0.29, 0.717) is 12.1 Å². The molecule has 3 nitrogen and oxygen atoms in total. The number of furan rings is 1. The summed E-state index contributed by atoms with van der Waals surface area (Å²) in [4.78, 5) is 0. The average Bonchev–Trinajstić information content (AvgIpc) is 2.82. The summed E-state index contributed by atoms with van der Waals surface area (Å²) in [5.41, 5.74) is 1.83. The second kappa shape index (κ2) is 5.85. The van der Waals surface area contributed by atoms with Crippen LogP contribution < -0.4 is 5.32 Å². The maximum atomic E-state index is 8.74. The van der Waals surface area contributed by atoms with Gasteiger partial charge in [-0.2, -0.15) is 5.26 Å². The molecule has 92 valence electrons. The molecule has 0 saturated heterocycles. The van der Waals surface area contributed by atoms with E-state index in [9.17, 15) is 0 Å². The zero-order chi connectivity index (χ0) is 13.0. The molecule has 0 aliphatic heterocycles. The van der Waals surface area contributed by atoms with Crippen molar-refractivity contribution in [3.8, 4) is 6.07 Å². The quantitative estimate of drug-likeness (QED) is 0.935. The van der Waals surface area contributed by atoms with Gasteiger partial charge in [0.1, 0.15) is 5.76 Å².